The molecule has 7 heteroatoms. The second-order valence-electron chi connectivity index (χ2n) is 7.67. The quantitative estimate of drug-likeness (QED) is 0.462. The zero-order valence-corrected chi connectivity index (χ0v) is 17.7. The normalized spacial score (nSPS) is 15.9. The van der Waals surface area contributed by atoms with Crippen LogP contribution in [0.15, 0.2) is 29.3 Å². The third kappa shape index (κ3) is 6.80. The molecule has 1 saturated heterocycles. The van der Waals surface area contributed by atoms with Gasteiger partial charge in [-0.15, -0.1) is 0 Å². The number of guanidine groups is 1. The molecule has 0 bridgehead atoms. The molecule has 0 atom stereocenters. The summed E-state index contributed by atoms with van der Waals surface area (Å²) in [6, 6.07) is 8.45. The predicted molar refractivity (Wildman–Crippen MR) is 113 cm³/mol. The highest BCUT2D eigenvalue weighted by Crippen LogP contribution is 2.15. The fourth-order valence-electron chi connectivity index (χ4n) is 3.10. The molecule has 156 valence electrons. The minimum absolute atomic E-state index is 0.00621. The number of nitrogens with one attached hydrogen (secondary N) is 3. The van der Waals surface area contributed by atoms with Gasteiger partial charge < -0.3 is 20.7 Å². The molecule has 3 N–H and O–H groups in total. The number of hydrogen-bond acceptors (Lipinski definition) is 4. The van der Waals surface area contributed by atoms with Crippen LogP contribution in [-0.4, -0.2) is 63.2 Å². The van der Waals surface area contributed by atoms with Gasteiger partial charge in [0.05, 0.1) is 25.2 Å². The highest BCUT2D eigenvalue weighted by atomic mass is 16.5. The summed E-state index contributed by atoms with van der Waals surface area (Å²) in [6.45, 7) is 12.2. The summed E-state index contributed by atoms with van der Waals surface area (Å²) < 4.78 is 5.44. The summed E-state index contributed by atoms with van der Waals surface area (Å²) in [6.07, 6.45) is 0. The molecule has 7 nitrogen and oxygen atoms in total. The van der Waals surface area contributed by atoms with Crippen LogP contribution >= 0.6 is 0 Å². The summed E-state index contributed by atoms with van der Waals surface area (Å²) in [5.74, 6) is 0.729. The van der Waals surface area contributed by atoms with E-state index >= 15 is 0 Å². The zero-order valence-electron chi connectivity index (χ0n) is 17.7. The van der Waals surface area contributed by atoms with Crippen molar-refractivity contribution in [3.63, 3.8) is 0 Å². The Morgan fingerprint density at radius 3 is 2.50 bits per heavy atom. The molecule has 0 spiro atoms. The first-order valence-corrected chi connectivity index (χ1v) is 10.1. The van der Waals surface area contributed by atoms with Crippen LogP contribution in [0, 0.1) is 5.41 Å². The number of rotatable bonds is 8. The first-order valence-electron chi connectivity index (χ1n) is 10.1. The molecule has 0 radical (unpaired) electrons. The topological polar surface area (TPSA) is 78.0 Å². The van der Waals surface area contributed by atoms with Gasteiger partial charge in [-0.1, -0.05) is 24.3 Å². The van der Waals surface area contributed by atoms with Gasteiger partial charge in [-0.3, -0.25) is 9.69 Å². The molecule has 1 heterocycles. The van der Waals surface area contributed by atoms with E-state index in [2.05, 4.69) is 45.1 Å². The van der Waals surface area contributed by atoms with E-state index < -0.39 is 5.41 Å². The van der Waals surface area contributed by atoms with E-state index in [4.69, 9.17) is 9.73 Å². The number of carbonyl (C=O) groups is 1. The van der Waals surface area contributed by atoms with Gasteiger partial charge in [0, 0.05) is 39.8 Å². The molecule has 2 rings (SSSR count). The molecule has 0 saturated carbocycles. The SMILES string of the molecule is CCNC(=NCc1ccccc1CN1CCOCC1)NCC(C)(C)C(=O)NC. The van der Waals surface area contributed by atoms with Crippen LogP contribution in [0.3, 0.4) is 0 Å². The third-order valence-corrected chi connectivity index (χ3v) is 4.91. The van der Waals surface area contributed by atoms with E-state index in [1.54, 1.807) is 7.05 Å². The second kappa shape index (κ2) is 11.0. The van der Waals surface area contributed by atoms with Crippen molar-refractivity contribution in [3.8, 4) is 0 Å². The van der Waals surface area contributed by atoms with Crippen molar-refractivity contribution in [1.29, 1.82) is 0 Å². The Morgan fingerprint density at radius 1 is 1.18 bits per heavy atom. The molecule has 0 aromatic heterocycles. The van der Waals surface area contributed by atoms with Gasteiger partial charge in [0.15, 0.2) is 5.96 Å². The number of hydrogen-bond donors (Lipinski definition) is 3. The minimum atomic E-state index is -0.515. The third-order valence-electron chi connectivity index (χ3n) is 4.91. The fraction of sp³-hybridized carbons (Fsp3) is 0.619. The Bertz CT molecular complexity index is 654. The molecule has 0 unspecified atom stereocenters. The van der Waals surface area contributed by atoms with Gasteiger partial charge in [-0.05, 0) is 31.9 Å². The molecule has 1 fully saturated rings. The van der Waals surface area contributed by atoms with E-state index in [1.807, 2.05) is 20.8 Å². The van der Waals surface area contributed by atoms with Crippen molar-refractivity contribution < 1.29 is 9.53 Å². The Labute approximate surface area is 168 Å². The lowest BCUT2D eigenvalue weighted by Gasteiger charge is -2.27. The molecule has 1 aromatic carbocycles. The maximum absolute atomic E-state index is 12.0. The average molecular weight is 390 g/mol. The van der Waals surface area contributed by atoms with Crippen LogP contribution in [-0.2, 0) is 22.6 Å². The second-order valence-corrected chi connectivity index (χ2v) is 7.67. The van der Waals surface area contributed by atoms with E-state index in [0.29, 0.717) is 13.1 Å². The molecule has 28 heavy (non-hydrogen) atoms. The number of nitrogens with zero attached hydrogens (tertiary/aromatic N) is 2. The van der Waals surface area contributed by atoms with Crippen LogP contribution in [0.25, 0.3) is 0 Å². The number of morpholine rings is 1. The summed E-state index contributed by atoms with van der Waals surface area (Å²) in [5, 5.41) is 9.27. The number of ether oxygens (including phenoxy) is 1. The van der Waals surface area contributed by atoms with Crippen LogP contribution in [0.4, 0.5) is 0 Å². The maximum Gasteiger partial charge on any atom is 0.227 e. The minimum Gasteiger partial charge on any atom is -0.379 e. The molecule has 1 aliphatic rings. The number of amides is 1. The largest absolute Gasteiger partial charge is 0.379 e. The van der Waals surface area contributed by atoms with Crippen LogP contribution in [0.1, 0.15) is 31.9 Å². The Balaban J connectivity index is 2.02. The standard InChI is InChI=1S/C21H35N5O2/c1-5-23-20(25-16-21(2,3)19(27)22-4)24-14-17-8-6-7-9-18(17)15-26-10-12-28-13-11-26/h6-9H,5,10-16H2,1-4H3,(H,22,27)(H2,23,24,25). The molecular weight excluding hydrogens is 354 g/mol. The van der Waals surface area contributed by atoms with Crippen molar-refractivity contribution in [2.24, 2.45) is 10.4 Å². The summed E-state index contributed by atoms with van der Waals surface area (Å²) >= 11 is 0. The van der Waals surface area contributed by atoms with Crippen LogP contribution < -0.4 is 16.0 Å². The molecule has 1 aromatic rings. The van der Waals surface area contributed by atoms with Gasteiger partial charge in [0.2, 0.25) is 5.91 Å². The van der Waals surface area contributed by atoms with E-state index in [9.17, 15) is 4.79 Å². The van der Waals surface area contributed by atoms with Crippen molar-refractivity contribution in [1.82, 2.24) is 20.9 Å². The highest BCUT2D eigenvalue weighted by Gasteiger charge is 2.26. The Hall–Kier alpha value is -2.12. The first-order chi connectivity index (χ1) is 13.5. The number of aliphatic imine (C=N–C) groups is 1. The fourth-order valence-corrected chi connectivity index (χ4v) is 3.10. The average Bonchev–Trinajstić information content (AvgIpc) is 2.71. The number of carbonyl (C=O) groups excluding carboxylic acids is 1. The summed E-state index contributed by atoms with van der Waals surface area (Å²) in [7, 11) is 1.66. The van der Waals surface area contributed by atoms with Crippen molar-refractivity contribution in [2.45, 2.75) is 33.9 Å². The monoisotopic (exact) mass is 389 g/mol. The van der Waals surface area contributed by atoms with E-state index in [-0.39, 0.29) is 5.91 Å². The van der Waals surface area contributed by atoms with Crippen molar-refractivity contribution in [2.75, 3.05) is 46.4 Å². The van der Waals surface area contributed by atoms with E-state index in [0.717, 1.165) is 45.4 Å². The van der Waals surface area contributed by atoms with Crippen LogP contribution in [0.2, 0.25) is 0 Å². The lowest BCUT2D eigenvalue weighted by molar-refractivity contribution is -0.128. The highest BCUT2D eigenvalue weighted by molar-refractivity contribution is 5.84. The van der Waals surface area contributed by atoms with Gasteiger partial charge in [0.25, 0.3) is 0 Å². The van der Waals surface area contributed by atoms with Gasteiger partial charge >= 0.3 is 0 Å². The van der Waals surface area contributed by atoms with Gasteiger partial charge in [-0.25, -0.2) is 4.99 Å². The lowest BCUT2D eigenvalue weighted by atomic mass is 9.92. The molecule has 1 amide bonds. The van der Waals surface area contributed by atoms with E-state index in [1.165, 1.54) is 11.1 Å². The van der Waals surface area contributed by atoms with Crippen molar-refractivity contribution >= 4 is 11.9 Å². The Kier molecular flexibility index (Phi) is 8.73. The summed E-state index contributed by atoms with van der Waals surface area (Å²) in [4.78, 5) is 19.2. The number of benzene rings is 1. The van der Waals surface area contributed by atoms with Crippen LogP contribution in [0.5, 0.6) is 0 Å². The molecular formula is C21H35N5O2. The zero-order chi connectivity index (χ0) is 20.4. The lowest BCUT2D eigenvalue weighted by Crippen LogP contribution is -2.47. The maximum atomic E-state index is 12.0. The summed E-state index contributed by atoms with van der Waals surface area (Å²) in [5.41, 5.74) is 2.01. The molecule has 0 aliphatic carbocycles. The smallest absolute Gasteiger partial charge is 0.227 e. The van der Waals surface area contributed by atoms with Gasteiger partial charge in [-0.2, -0.15) is 0 Å². The first kappa shape index (κ1) is 22.2. The van der Waals surface area contributed by atoms with Gasteiger partial charge in [0.1, 0.15) is 0 Å². The van der Waals surface area contributed by atoms with Crippen molar-refractivity contribution in [3.05, 3.63) is 35.4 Å². The molecule has 1 aliphatic heterocycles. The predicted octanol–water partition coefficient (Wildman–Crippen LogP) is 1.35. The Morgan fingerprint density at radius 2 is 1.86 bits per heavy atom.